The van der Waals surface area contributed by atoms with E-state index in [1.165, 1.54) is 0 Å². The Kier molecular flexibility index (Phi) is 5.95. The van der Waals surface area contributed by atoms with E-state index in [9.17, 15) is 9.59 Å². The topological polar surface area (TPSA) is 58.2 Å². The van der Waals surface area contributed by atoms with Gasteiger partial charge < -0.3 is 10.6 Å². The van der Waals surface area contributed by atoms with Crippen molar-refractivity contribution in [3.8, 4) is 0 Å². The zero-order chi connectivity index (χ0) is 13.5. The molecule has 0 radical (unpaired) electrons. The first-order chi connectivity index (χ1) is 8.56. The first kappa shape index (κ1) is 14.8. The molecule has 0 heterocycles. The van der Waals surface area contributed by atoms with E-state index in [1.54, 1.807) is 18.2 Å². The van der Waals surface area contributed by atoms with Crippen molar-refractivity contribution in [1.82, 2.24) is 5.32 Å². The average molecular weight is 289 g/mol. The molecule has 0 fully saturated rings. The van der Waals surface area contributed by atoms with E-state index in [0.717, 1.165) is 12.8 Å². The fourth-order valence-corrected chi connectivity index (χ4v) is 1.74. The van der Waals surface area contributed by atoms with Crippen molar-refractivity contribution < 1.29 is 9.59 Å². The lowest BCUT2D eigenvalue weighted by Crippen LogP contribution is -2.36. The lowest BCUT2D eigenvalue weighted by molar-refractivity contribution is -0.136. The van der Waals surface area contributed by atoms with Crippen LogP contribution in [0.5, 0.6) is 0 Å². The van der Waals surface area contributed by atoms with E-state index in [-0.39, 0.29) is 15.7 Å². The highest BCUT2D eigenvalue weighted by molar-refractivity contribution is 6.44. The van der Waals surface area contributed by atoms with Gasteiger partial charge in [-0.2, -0.15) is 0 Å². The Labute approximate surface area is 116 Å². The number of unbranched alkanes of at least 4 members (excludes halogenated alkanes) is 1. The fraction of sp³-hybridized carbons (Fsp3) is 0.333. The summed E-state index contributed by atoms with van der Waals surface area (Å²) in [5.74, 6) is -1.47. The summed E-state index contributed by atoms with van der Waals surface area (Å²) < 4.78 is 0. The zero-order valence-electron chi connectivity index (χ0n) is 9.93. The lowest BCUT2D eigenvalue weighted by Gasteiger charge is -2.09. The van der Waals surface area contributed by atoms with Crippen LogP contribution in [0.4, 0.5) is 5.69 Å². The highest BCUT2D eigenvalue weighted by Crippen LogP contribution is 2.29. The highest BCUT2D eigenvalue weighted by Gasteiger charge is 2.16. The van der Waals surface area contributed by atoms with Gasteiger partial charge in [-0.25, -0.2) is 0 Å². The Morgan fingerprint density at radius 3 is 2.33 bits per heavy atom. The molecule has 1 aromatic rings. The molecule has 1 aromatic carbocycles. The van der Waals surface area contributed by atoms with Gasteiger partial charge in [0.2, 0.25) is 0 Å². The molecule has 6 heteroatoms. The maximum absolute atomic E-state index is 11.6. The fourth-order valence-electron chi connectivity index (χ4n) is 1.25. The predicted octanol–water partition coefficient (Wildman–Crippen LogP) is 2.85. The van der Waals surface area contributed by atoms with E-state index in [0.29, 0.717) is 6.54 Å². The summed E-state index contributed by atoms with van der Waals surface area (Å²) in [6.45, 7) is 2.47. The van der Waals surface area contributed by atoms with Gasteiger partial charge in [0.1, 0.15) is 0 Å². The van der Waals surface area contributed by atoms with Crippen LogP contribution in [0.15, 0.2) is 18.2 Å². The number of para-hydroxylation sites is 1. The smallest absolute Gasteiger partial charge is 0.313 e. The third-order valence-corrected chi connectivity index (χ3v) is 2.85. The Balaban J connectivity index is 2.61. The van der Waals surface area contributed by atoms with Crippen LogP contribution in [-0.4, -0.2) is 18.4 Å². The van der Waals surface area contributed by atoms with Crippen LogP contribution in [0, 0.1) is 0 Å². The monoisotopic (exact) mass is 288 g/mol. The first-order valence-corrected chi connectivity index (χ1v) is 6.35. The number of amides is 2. The maximum Gasteiger partial charge on any atom is 0.313 e. The molecule has 0 saturated carbocycles. The summed E-state index contributed by atoms with van der Waals surface area (Å²) in [7, 11) is 0. The molecular formula is C12H14Cl2N2O2. The lowest BCUT2D eigenvalue weighted by atomic mass is 10.3. The van der Waals surface area contributed by atoms with Gasteiger partial charge in [-0.15, -0.1) is 0 Å². The number of anilines is 1. The van der Waals surface area contributed by atoms with E-state index in [1.807, 2.05) is 6.92 Å². The van der Waals surface area contributed by atoms with Crippen LogP contribution in [0.25, 0.3) is 0 Å². The highest BCUT2D eigenvalue weighted by atomic mass is 35.5. The Hall–Kier alpha value is -1.26. The first-order valence-electron chi connectivity index (χ1n) is 5.59. The molecular weight excluding hydrogens is 275 g/mol. The summed E-state index contributed by atoms with van der Waals surface area (Å²) >= 11 is 11.7. The molecule has 18 heavy (non-hydrogen) atoms. The molecule has 0 bridgehead atoms. The Morgan fingerprint density at radius 2 is 1.78 bits per heavy atom. The van der Waals surface area contributed by atoms with Crippen molar-refractivity contribution in [3.05, 3.63) is 28.2 Å². The number of carbonyl (C=O) groups excluding carboxylic acids is 2. The predicted molar refractivity (Wildman–Crippen MR) is 73.0 cm³/mol. The molecule has 1 rings (SSSR count). The molecule has 0 spiro atoms. The zero-order valence-corrected chi connectivity index (χ0v) is 11.4. The number of benzene rings is 1. The molecule has 0 atom stereocenters. The van der Waals surface area contributed by atoms with Gasteiger partial charge >= 0.3 is 11.8 Å². The number of nitrogens with one attached hydrogen (secondary N) is 2. The van der Waals surface area contributed by atoms with Gasteiger partial charge in [-0.1, -0.05) is 42.6 Å². The van der Waals surface area contributed by atoms with Crippen molar-refractivity contribution in [3.63, 3.8) is 0 Å². The van der Waals surface area contributed by atoms with E-state index >= 15 is 0 Å². The van der Waals surface area contributed by atoms with Crippen molar-refractivity contribution in [1.29, 1.82) is 0 Å². The summed E-state index contributed by atoms with van der Waals surface area (Å²) in [5, 5.41) is 5.47. The summed E-state index contributed by atoms with van der Waals surface area (Å²) in [5.41, 5.74) is 0.247. The Morgan fingerprint density at radius 1 is 1.17 bits per heavy atom. The quantitative estimate of drug-likeness (QED) is 0.661. The number of rotatable bonds is 4. The van der Waals surface area contributed by atoms with Crippen LogP contribution in [-0.2, 0) is 9.59 Å². The van der Waals surface area contributed by atoms with Gasteiger partial charge in [0.15, 0.2) is 0 Å². The molecule has 0 aliphatic carbocycles. The summed E-state index contributed by atoms with van der Waals surface area (Å²) in [6, 6.07) is 4.82. The molecule has 0 unspecified atom stereocenters. The number of carbonyl (C=O) groups is 2. The number of hydrogen-bond acceptors (Lipinski definition) is 2. The van der Waals surface area contributed by atoms with Gasteiger partial charge in [0.05, 0.1) is 15.7 Å². The molecule has 0 aliphatic heterocycles. The number of hydrogen-bond donors (Lipinski definition) is 2. The van der Waals surface area contributed by atoms with Crippen LogP contribution in [0.1, 0.15) is 19.8 Å². The van der Waals surface area contributed by atoms with Gasteiger partial charge in [-0.05, 0) is 18.6 Å². The molecule has 0 aliphatic rings. The third-order valence-electron chi connectivity index (χ3n) is 2.22. The summed E-state index contributed by atoms with van der Waals surface area (Å²) in [6.07, 6.45) is 1.77. The second-order valence-electron chi connectivity index (χ2n) is 3.66. The van der Waals surface area contributed by atoms with Gasteiger partial charge in [0.25, 0.3) is 0 Å². The van der Waals surface area contributed by atoms with Crippen LogP contribution < -0.4 is 10.6 Å². The average Bonchev–Trinajstić information content (AvgIpc) is 2.34. The molecule has 4 nitrogen and oxygen atoms in total. The van der Waals surface area contributed by atoms with Crippen molar-refractivity contribution in [2.24, 2.45) is 0 Å². The molecule has 0 saturated heterocycles. The molecule has 2 N–H and O–H groups in total. The SMILES string of the molecule is CCCCNC(=O)C(=O)Nc1c(Cl)cccc1Cl. The second kappa shape index (κ2) is 7.24. The minimum atomic E-state index is -0.777. The van der Waals surface area contributed by atoms with Crippen LogP contribution in [0.3, 0.4) is 0 Å². The second-order valence-corrected chi connectivity index (χ2v) is 4.47. The minimum Gasteiger partial charge on any atom is -0.348 e. The molecule has 0 aromatic heterocycles. The van der Waals surface area contributed by atoms with Crippen molar-refractivity contribution >= 4 is 40.7 Å². The van der Waals surface area contributed by atoms with Crippen molar-refractivity contribution in [2.75, 3.05) is 11.9 Å². The standard InChI is InChI=1S/C12H14Cl2N2O2/c1-2-3-7-15-11(17)12(18)16-10-8(13)5-4-6-9(10)14/h4-6H,2-3,7H2,1H3,(H,15,17)(H,16,18). The van der Waals surface area contributed by atoms with Crippen LogP contribution >= 0.6 is 23.2 Å². The Bertz CT molecular complexity index is 429. The largest absolute Gasteiger partial charge is 0.348 e. The van der Waals surface area contributed by atoms with Gasteiger partial charge in [-0.3, -0.25) is 9.59 Å². The third kappa shape index (κ3) is 4.20. The van der Waals surface area contributed by atoms with E-state index in [2.05, 4.69) is 10.6 Å². The normalized spacial score (nSPS) is 9.94. The maximum atomic E-state index is 11.6. The van der Waals surface area contributed by atoms with Gasteiger partial charge in [0, 0.05) is 6.54 Å². The van der Waals surface area contributed by atoms with E-state index in [4.69, 9.17) is 23.2 Å². The molecule has 98 valence electrons. The summed E-state index contributed by atoms with van der Waals surface area (Å²) in [4.78, 5) is 23.0. The minimum absolute atomic E-state index is 0.247. The number of halogens is 2. The van der Waals surface area contributed by atoms with Crippen molar-refractivity contribution in [2.45, 2.75) is 19.8 Å². The van der Waals surface area contributed by atoms with Crippen LogP contribution in [0.2, 0.25) is 10.0 Å². The molecule has 2 amide bonds. The van der Waals surface area contributed by atoms with E-state index < -0.39 is 11.8 Å².